The number of fused-ring (bicyclic) bond motifs is 1. The van der Waals surface area contributed by atoms with Gasteiger partial charge in [0.1, 0.15) is 23.0 Å². The molecule has 1 aliphatic heterocycles. The Morgan fingerprint density at radius 2 is 2.09 bits per heavy atom. The van der Waals surface area contributed by atoms with Crippen LogP contribution in [0.5, 0.6) is 11.5 Å². The fourth-order valence-corrected chi connectivity index (χ4v) is 2.31. The molecule has 0 spiro atoms. The van der Waals surface area contributed by atoms with Crippen molar-refractivity contribution in [2.45, 2.75) is 20.0 Å². The molecule has 3 N–H and O–H groups in total. The van der Waals surface area contributed by atoms with Gasteiger partial charge in [-0.15, -0.1) is 0 Å². The Morgan fingerprint density at radius 3 is 2.91 bits per heavy atom. The van der Waals surface area contributed by atoms with E-state index in [0.29, 0.717) is 12.3 Å². The molecule has 0 aliphatic carbocycles. The highest BCUT2D eigenvalue weighted by Gasteiger charge is 2.22. The molecule has 1 aliphatic rings. The summed E-state index contributed by atoms with van der Waals surface area (Å²) in [5.41, 5.74) is 8.10. The summed E-state index contributed by atoms with van der Waals surface area (Å²) in [5.74, 6) is 2.26. The van der Waals surface area contributed by atoms with Gasteiger partial charge in [-0.3, -0.25) is 0 Å². The SMILES string of the molecule is CCOc1ccccc1N=C1Nc2cc(N)ccc2OC1C. The van der Waals surface area contributed by atoms with Gasteiger partial charge in [0.15, 0.2) is 6.10 Å². The van der Waals surface area contributed by atoms with E-state index >= 15 is 0 Å². The Balaban J connectivity index is 1.95. The van der Waals surface area contributed by atoms with Crippen LogP contribution in [-0.4, -0.2) is 18.5 Å². The first kappa shape index (κ1) is 14.3. The summed E-state index contributed by atoms with van der Waals surface area (Å²) in [6, 6.07) is 13.2. The number of ether oxygens (including phenoxy) is 2. The summed E-state index contributed by atoms with van der Waals surface area (Å²) in [6.45, 7) is 4.50. The summed E-state index contributed by atoms with van der Waals surface area (Å²) in [6.07, 6.45) is -0.175. The molecule has 114 valence electrons. The number of benzene rings is 2. The van der Waals surface area contributed by atoms with Gasteiger partial charge in [0.05, 0.1) is 12.3 Å². The molecular formula is C17H19N3O2. The van der Waals surface area contributed by atoms with Crippen molar-refractivity contribution in [2.24, 2.45) is 4.99 Å². The van der Waals surface area contributed by atoms with E-state index in [4.69, 9.17) is 15.2 Å². The number of nitrogens with two attached hydrogens (primary N) is 1. The Kier molecular flexibility index (Phi) is 3.87. The van der Waals surface area contributed by atoms with Gasteiger partial charge in [-0.25, -0.2) is 4.99 Å². The highest BCUT2D eigenvalue weighted by molar-refractivity contribution is 6.03. The zero-order valence-electron chi connectivity index (χ0n) is 12.7. The van der Waals surface area contributed by atoms with E-state index in [0.717, 1.165) is 28.7 Å². The number of amidine groups is 1. The highest BCUT2D eigenvalue weighted by Crippen LogP contribution is 2.33. The largest absolute Gasteiger partial charge is 0.492 e. The van der Waals surface area contributed by atoms with Crippen molar-refractivity contribution >= 4 is 22.9 Å². The minimum Gasteiger partial charge on any atom is -0.492 e. The zero-order valence-corrected chi connectivity index (χ0v) is 12.7. The molecule has 2 aromatic carbocycles. The van der Waals surface area contributed by atoms with Gasteiger partial charge < -0.3 is 20.5 Å². The van der Waals surface area contributed by atoms with E-state index in [1.807, 2.05) is 56.3 Å². The topological polar surface area (TPSA) is 68.9 Å². The molecule has 1 heterocycles. The second kappa shape index (κ2) is 5.97. The third-order valence-electron chi connectivity index (χ3n) is 3.36. The van der Waals surface area contributed by atoms with E-state index in [-0.39, 0.29) is 6.10 Å². The molecule has 2 aromatic rings. The van der Waals surface area contributed by atoms with Crippen LogP contribution in [0, 0.1) is 0 Å². The fourth-order valence-electron chi connectivity index (χ4n) is 2.31. The third-order valence-corrected chi connectivity index (χ3v) is 3.36. The lowest BCUT2D eigenvalue weighted by Gasteiger charge is -2.26. The second-order valence-electron chi connectivity index (χ2n) is 5.04. The lowest BCUT2D eigenvalue weighted by molar-refractivity contribution is 0.283. The van der Waals surface area contributed by atoms with Gasteiger partial charge in [-0.2, -0.15) is 0 Å². The lowest BCUT2D eigenvalue weighted by atomic mass is 10.2. The summed E-state index contributed by atoms with van der Waals surface area (Å²) in [4.78, 5) is 4.66. The van der Waals surface area contributed by atoms with Crippen LogP contribution in [0.4, 0.5) is 17.1 Å². The number of hydrogen-bond donors (Lipinski definition) is 2. The van der Waals surface area contributed by atoms with Gasteiger partial charge in [-0.1, -0.05) is 12.1 Å². The Hall–Kier alpha value is -2.69. The standard InChI is InChI=1S/C17H19N3O2/c1-3-21-15-7-5-4-6-13(15)19-17-11(2)22-16-9-8-12(18)10-14(16)20-17/h4-11H,3,18H2,1-2H3,(H,19,20). The van der Waals surface area contributed by atoms with Crippen molar-refractivity contribution in [3.05, 3.63) is 42.5 Å². The molecule has 0 amide bonds. The minimum atomic E-state index is -0.175. The van der Waals surface area contributed by atoms with Crippen LogP contribution in [0.2, 0.25) is 0 Å². The maximum atomic E-state index is 5.88. The molecule has 0 bridgehead atoms. The summed E-state index contributed by atoms with van der Waals surface area (Å²) >= 11 is 0. The molecule has 0 saturated carbocycles. The average molecular weight is 297 g/mol. The van der Waals surface area contributed by atoms with E-state index in [1.54, 1.807) is 0 Å². The number of nitrogen functional groups attached to an aromatic ring is 1. The summed E-state index contributed by atoms with van der Waals surface area (Å²) in [7, 11) is 0. The number of para-hydroxylation sites is 2. The van der Waals surface area contributed by atoms with Crippen LogP contribution in [0.25, 0.3) is 0 Å². The number of nitrogens with zero attached hydrogens (tertiary/aromatic N) is 1. The Morgan fingerprint density at radius 1 is 1.27 bits per heavy atom. The monoisotopic (exact) mass is 297 g/mol. The van der Waals surface area contributed by atoms with Crippen LogP contribution < -0.4 is 20.5 Å². The molecule has 3 rings (SSSR count). The molecular weight excluding hydrogens is 278 g/mol. The van der Waals surface area contributed by atoms with Crippen molar-refractivity contribution in [1.82, 2.24) is 0 Å². The second-order valence-corrected chi connectivity index (χ2v) is 5.04. The van der Waals surface area contributed by atoms with Gasteiger partial charge in [0, 0.05) is 5.69 Å². The number of anilines is 2. The lowest BCUT2D eigenvalue weighted by Crippen LogP contribution is -2.34. The Labute approximate surface area is 129 Å². The molecule has 5 nitrogen and oxygen atoms in total. The van der Waals surface area contributed by atoms with Crippen molar-refractivity contribution < 1.29 is 9.47 Å². The quantitative estimate of drug-likeness (QED) is 0.849. The maximum Gasteiger partial charge on any atom is 0.153 e. The minimum absolute atomic E-state index is 0.175. The van der Waals surface area contributed by atoms with Crippen molar-refractivity contribution in [1.29, 1.82) is 0 Å². The number of hydrogen-bond acceptors (Lipinski definition) is 4. The highest BCUT2D eigenvalue weighted by atomic mass is 16.5. The number of aliphatic imine (C=N–C) groups is 1. The molecule has 22 heavy (non-hydrogen) atoms. The Bertz CT molecular complexity index is 713. The van der Waals surface area contributed by atoms with E-state index in [1.165, 1.54) is 0 Å². The van der Waals surface area contributed by atoms with Gasteiger partial charge in [-0.05, 0) is 44.2 Å². The molecule has 0 radical (unpaired) electrons. The first-order valence-corrected chi connectivity index (χ1v) is 7.31. The molecule has 1 unspecified atom stereocenters. The maximum absolute atomic E-state index is 5.88. The van der Waals surface area contributed by atoms with Gasteiger partial charge in [0.25, 0.3) is 0 Å². The predicted molar refractivity (Wildman–Crippen MR) is 89.3 cm³/mol. The van der Waals surface area contributed by atoms with E-state index in [2.05, 4.69) is 10.3 Å². The average Bonchev–Trinajstić information content (AvgIpc) is 2.50. The summed E-state index contributed by atoms with van der Waals surface area (Å²) in [5, 5.41) is 3.29. The predicted octanol–water partition coefficient (Wildman–Crippen LogP) is 3.59. The van der Waals surface area contributed by atoms with Crippen LogP contribution in [0.1, 0.15) is 13.8 Å². The van der Waals surface area contributed by atoms with Crippen molar-refractivity contribution in [3.63, 3.8) is 0 Å². The molecule has 0 aromatic heterocycles. The molecule has 1 atom stereocenters. The molecule has 0 saturated heterocycles. The zero-order chi connectivity index (χ0) is 15.5. The van der Waals surface area contributed by atoms with Crippen LogP contribution in [0.15, 0.2) is 47.5 Å². The fraction of sp³-hybridized carbons (Fsp3) is 0.235. The smallest absolute Gasteiger partial charge is 0.153 e. The molecule has 0 fully saturated rings. The van der Waals surface area contributed by atoms with Crippen LogP contribution in [0.3, 0.4) is 0 Å². The van der Waals surface area contributed by atoms with E-state index < -0.39 is 0 Å². The van der Waals surface area contributed by atoms with Crippen LogP contribution in [-0.2, 0) is 0 Å². The third kappa shape index (κ3) is 2.83. The van der Waals surface area contributed by atoms with Crippen molar-refractivity contribution in [2.75, 3.05) is 17.7 Å². The summed E-state index contributed by atoms with van der Waals surface area (Å²) < 4.78 is 11.5. The van der Waals surface area contributed by atoms with Crippen LogP contribution >= 0.6 is 0 Å². The van der Waals surface area contributed by atoms with Gasteiger partial charge in [0.2, 0.25) is 0 Å². The number of nitrogens with one attached hydrogen (secondary N) is 1. The normalized spacial score (nSPS) is 18.3. The van der Waals surface area contributed by atoms with E-state index in [9.17, 15) is 0 Å². The molecule has 5 heteroatoms. The number of rotatable bonds is 3. The first-order chi connectivity index (χ1) is 10.7. The van der Waals surface area contributed by atoms with Gasteiger partial charge >= 0.3 is 0 Å². The first-order valence-electron chi connectivity index (χ1n) is 7.31. The van der Waals surface area contributed by atoms with Crippen molar-refractivity contribution in [3.8, 4) is 11.5 Å².